The van der Waals surface area contributed by atoms with Crippen LogP contribution in [0.25, 0.3) is 0 Å². The Labute approximate surface area is 155 Å². The Morgan fingerprint density at radius 2 is 2.04 bits per heavy atom. The molecule has 7 heteroatoms. The molecular weight excluding hydrogens is 340 g/mol. The maximum absolute atomic E-state index is 13.0. The molecule has 0 bridgehead atoms. The molecule has 1 saturated heterocycles. The van der Waals surface area contributed by atoms with E-state index in [0.717, 1.165) is 51.1 Å². The lowest BCUT2D eigenvalue weighted by Gasteiger charge is -2.39. The van der Waals surface area contributed by atoms with Crippen LogP contribution in [-0.4, -0.2) is 35.2 Å². The van der Waals surface area contributed by atoms with E-state index in [1.807, 2.05) is 6.92 Å². The molecule has 1 aromatic heterocycles. The fraction of sp³-hybridized carbons (Fsp3) is 0.833. The highest BCUT2D eigenvalue weighted by molar-refractivity contribution is 5.85. The van der Waals surface area contributed by atoms with E-state index < -0.39 is 0 Å². The number of aryl methyl sites for hydroxylation is 1. The van der Waals surface area contributed by atoms with Gasteiger partial charge in [-0.2, -0.15) is 4.98 Å². The Hall–Kier alpha value is -1.14. The third-order valence-electron chi connectivity index (χ3n) is 6.45. The minimum Gasteiger partial charge on any atom is -0.353 e. The summed E-state index contributed by atoms with van der Waals surface area (Å²) in [5, 5.41) is 10.7. The molecular formula is C18H29ClN4O2. The molecule has 0 unspecified atom stereocenters. The van der Waals surface area contributed by atoms with Crippen LogP contribution in [0.5, 0.6) is 0 Å². The summed E-state index contributed by atoms with van der Waals surface area (Å²) in [4.78, 5) is 17.4. The van der Waals surface area contributed by atoms with Crippen LogP contribution < -0.4 is 10.6 Å². The SMILES string of the molecule is Cc1noc(C2CCC(NC(=O)[C@@]34CCCC[C@H]3CNC4)CC2)n1.Cl. The van der Waals surface area contributed by atoms with E-state index in [2.05, 4.69) is 20.8 Å². The average Bonchev–Trinajstić information content (AvgIpc) is 3.22. The number of aromatic nitrogens is 2. The number of hydrogen-bond acceptors (Lipinski definition) is 5. The van der Waals surface area contributed by atoms with Gasteiger partial charge in [0, 0.05) is 18.5 Å². The first-order chi connectivity index (χ1) is 11.7. The molecule has 0 aromatic carbocycles. The first-order valence-electron chi connectivity index (χ1n) is 9.49. The van der Waals surface area contributed by atoms with Gasteiger partial charge < -0.3 is 15.2 Å². The Balaban J connectivity index is 0.00000182. The molecule has 0 radical (unpaired) electrons. The number of rotatable bonds is 3. The summed E-state index contributed by atoms with van der Waals surface area (Å²) in [6.45, 7) is 3.73. The summed E-state index contributed by atoms with van der Waals surface area (Å²) in [5.41, 5.74) is -0.140. The smallest absolute Gasteiger partial charge is 0.229 e. The predicted octanol–water partition coefficient (Wildman–Crippen LogP) is 2.72. The number of nitrogens with one attached hydrogen (secondary N) is 2. The lowest BCUT2D eigenvalue weighted by atomic mass is 9.67. The highest BCUT2D eigenvalue weighted by atomic mass is 35.5. The van der Waals surface area contributed by atoms with Crippen molar-refractivity contribution in [2.75, 3.05) is 13.1 Å². The van der Waals surface area contributed by atoms with Crippen molar-refractivity contribution in [1.29, 1.82) is 0 Å². The normalized spacial score (nSPS) is 34.8. The van der Waals surface area contributed by atoms with Crippen LogP contribution in [0.4, 0.5) is 0 Å². The molecule has 1 aromatic rings. The lowest BCUT2D eigenvalue weighted by molar-refractivity contribution is -0.135. The monoisotopic (exact) mass is 368 g/mol. The maximum atomic E-state index is 13.0. The number of carbonyl (C=O) groups excluding carboxylic acids is 1. The van der Waals surface area contributed by atoms with Crippen LogP contribution in [0.1, 0.15) is 69.0 Å². The zero-order chi connectivity index (χ0) is 16.6. The number of carbonyl (C=O) groups is 1. The molecule has 2 N–H and O–H groups in total. The largest absolute Gasteiger partial charge is 0.353 e. The summed E-state index contributed by atoms with van der Waals surface area (Å²) in [5.74, 6) is 2.66. The van der Waals surface area contributed by atoms with Gasteiger partial charge in [-0.05, 0) is 57.9 Å². The second-order valence-corrected chi connectivity index (χ2v) is 7.93. The van der Waals surface area contributed by atoms with Gasteiger partial charge in [-0.15, -0.1) is 12.4 Å². The number of halogens is 1. The van der Waals surface area contributed by atoms with E-state index in [4.69, 9.17) is 4.52 Å². The first-order valence-corrected chi connectivity index (χ1v) is 9.49. The van der Waals surface area contributed by atoms with Gasteiger partial charge in [0.05, 0.1) is 5.41 Å². The van der Waals surface area contributed by atoms with Crippen LogP contribution in [-0.2, 0) is 4.79 Å². The van der Waals surface area contributed by atoms with Crippen LogP contribution in [0.15, 0.2) is 4.52 Å². The van der Waals surface area contributed by atoms with E-state index in [0.29, 0.717) is 29.6 Å². The van der Waals surface area contributed by atoms with Crippen molar-refractivity contribution in [3.8, 4) is 0 Å². The van der Waals surface area contributed by atoms with E-state index in [-0.39, 0.29) is 17.8 Å². The van der Waals surface area contributed by atoms with Gasteiger partial charge in [-0.25, -0.2) is 0 Å². The number of fused-ring (bicyclic) bond motifs is 1. The second-order valence-electron chi connectivity index (χ2n) is 7.93. The molecule has 25 heavy (non-hydrogen) atoms. The van der Waals surface area contributed by atoms with Crippen molar-refractivity contribution in [2.45, 2.75) is 70.3 Å². The Morgan fingerprint density at radius 3 is 2.76 bits per heavy atom. The number of nitrogens with zero attached hydrogens (tertiary/aromatic N) is 2. The third kappa shape index (κ3) is 3.56. The Kier molecular flexibility index (Phi) is 5.68. The molecule has 1 aliphatic heterocycles. The topological polar surface area (TPSA) is 80.0 Å². The van der Waals surface area contributed by atoms with Crippen molar-refractivity contribution in [3.05, 3.63) is 11.7 Å². The molecule has 2 aliphatic carbocycles. The van der Waals surface area contributed by atoms with Crippen LogP contribution in [0, 0.1) is 18.3 Å². The van der Waals surface area contributed by atoms with Crippen molar-refractivity contribution in [2.24, 2.45) is 11.3 Å². The van der Waals surface area contributed by atoms with Gasteiger partial charge in [-0.1, -0.05) is 18.0 Å². The number of hydrogen-bond donors (Lipinski definition) is 2. The average molecular weight is 369 g/mol. The van der Waals surface area contributed by atoms with E-state index in [9.17, 15) is 4.79 Å². The molecule has 6 nitrogen and oxygen atoms in total. The molecule has 2 saturated carbocycles. The quantitative estimate of drug-likeness (QED) is 0.857. The molecule has 2 atom stereocenters. The minimum absolute atomic E-state index is 0. The van der Waals surface area contributed by atoms with Gasteiger partial charge in [0.2, 0.25) is 11.8 Å². The Morgan fingerprint density at radius 1 is 1.24 bits per heavy atom. The van der Waals surface area contributed by atoms with E-state index >= 15 is 0 Å². The van der Waals surface area contributed by atoms with Crippen molar-refractivity contribution in [1.82, 2.24) is 20.8 Å². The van der Waals surface area contributed by atoms with Crippen LogP contribution in [0.2, 0.25) is 0 Å². The molecule has 4 rings (SSSR count). The van der Waals surface area contributed by atoms with Gasteiger partial charge in [0.25, 0.3) is 0 Å². The molecule has 3 aliphatic rings. The van der Waals surface area contributed by atoms with Crippen LogP contribution >= 0.6 is 12.4 Å². The van der Waals surface area contributed by atoms with Gasteiger partial charge in [-0.3, -0.25) is 4.79 Å². The van der Waals surface area contributed by atoms with E-state index in [1.54, 1.807) is 0 Å². The molecule has 1 amide bonds. The molecule has 2 heterocycles. The first kappa shape index (κ1) is 18.6. The molecule has 0 spiro atoms. The van der Waals surface area contributed by atoms with Crippen LogP contribution in [0.3, 0.4) is 0 Å². The highest BCUT2D eigenvalue weighted by Gasteiger charge is 2.50. The summed E-state index contributed by atoms with van der Waals surface area (Å²) < 4.78 is 5.31. The summed E-state index contributed by atoms with van der Waals surface area (Å²) in [7, 11) is 0. The van der Waals surface area contributed by atoms with Gasteiger partial charge >= 0.3 is 0 Å². The van der Waals surface area contributed by atoms with E-state index in [1.165, 1.54) is 19.3 Å². The van der Waals surface area contributed by atoms with Gasteiger partial charge in [0.1, 0.15) is 0 Å². The highest BCUT2D eigenvalue weighted by Crippen LogP contribution is 2.44. The zero-order valence-corrected chi connectivity index (χ0v) is 15.7. The summed E-state index contributed by atoms with van der Waals surface area (Å²) >= 11 is 0. The third-order valence-corrected chi connectivity index (χ3v) is 6.45. The zero-order valence-electron chi connectivity index (χ0n) is 14.9. The summed E-state index contributed by atoms with van der Waals surface area (Å²) in [6, 6.07) is 0.301. The summed E-state index contributed by atoms with van der Waals surface area (Å²) in [6.07, 6.45) is 8.75. The molecule has 140 valence electrons. The predicted molar refractivity (Wildman–Crippen MR) is 96.7 cm³/mol. The van der Waals surface area contributed by atoms with Gasteiger partial charge in [0.15, 0.2) is 5.82 Å². The number of amides is 1. The minimum atomic E-state index is -0.140. The van der Waals surface area contributed by atoms with Crippen molar-refractivity contribution in [3.63, 3.8) is 0 Å². The molecule has 3 fully saturated rings. The Bertz CT molecular complexity index is 600. The standard InChI is InChI=1S/C18H28N4O2.ClH/c1-12-20-16(24-22-12)13-5-7-15(8-6-13)21-17(23)18-9-3-2-4-14(18)10-19-11-18;/h13-15,19H,2-11H2,1H3,(H,21,23);1H/t13?,14-,15?,18+;/m0./s1. The van der Waals surface area contributed by atoms with Crippen molar-refractivity contribution >= 4 is 18.3 Å². The lowest BCUT2D eigenvalue weighted by Crippen LogP contribution is -2.51. The second kappa shape index (κ2) is 7.62. The fourth-order valence-electron chi connectivity index (χ4n) is 4.98. The maximum Gasteiger partial charge on any atom is 0.229 e. The van der Waals surface area contributed by atoms with Crippen molar-refractivity contribution < 1.29 is 9.32 Å². The fourth-order valence-corrected chi connectivity index (χ4v) is 4.98.